The molecule has 1 aromatic rings. The molecule has 1 heterocycles. The fraction of sp³-hybridized carbons (Fsp3) is 0.286. The van der Waals surface area contributed by atoms with Crippen LogP contribution in [0.2, 0.25) is 0 Å². The average Bonchev–Trinajstić information content (AvgIpc) is 2.15. The molecule has 0 aliphatic carbocycles. The summed E-state index contributed by atoms with van der Waals surface area (Å²) >= 11 is 0. The second-order valence-electron chi connectivity index (χ2n) is 2.33. The molecule has 0 radical (unpaired) electrons. The number of halogens is 1. The van der Waals surface area contributed by atoms with Crippen LogP contribution < -0.4 is 16.6 Å². The van der Waals surface area contributed by atoms with E-state index in [1.165, 1.54) is 0 Å². The molecule has 0 saturated heterocycles. The van der Waals surface area contributed by atoms with Gasteiger partial charge in [0.1, 0.15) is 0 Å². The highest BCUT2D eigenvalue weighted by Gasteiger charge is 1.93. The van der Waals surface area contributed by atoms with Crippen molar-refractivity contribution in [3.63, 3.8) is 0 Å². The summed E-state index contributed by atoms with van der Waals surface area (Å²) in [4.78, 5) is 31.4. The Hall–Kier alpha value is -1.96. The van der Waals surface area contributed by atoms with Crippen LogP contribution in [-0.2, 0) is 4.79 Å². The first kappa shape index (κ1) is 13.0. The summed E-state index contributed by atoms with van der Waals surface area (Å²) in [6.07, 6.45) is 1.08. The number of aliphatic carboxylic acids is 1. The Morgan fingerprint density at radius 3 is 2.53 bits per heavy atom. The number of nitrogens with zero attached hydrogens (tertiary/aromatic N) is 1. The lowest BCUT2D eigenvalue weighted by atomic mass is 10.7. The van der Waals surface area contributed by atoms with Crippen LogP contribution in [0.25, 0.3) is 0 Å². The summed E-state index contributed by atoms with van der Waals surface area (Å²) in [5.74, 6) is -0.822. The van der Waals surface area contributed by atoms with Gasteiger partial charge in [0.2, 0.25) is 0 Å². The second-order valence-corrected chi connectivity index (χ2v) is 2.33. The number of carboxylic acid groups (broad SMARTS) is 1. The molecule has 8 heteroatoms. The second kappa shape index (κ2) is 6.49. The van der Waals surface area contributed by atoms with Gasteiger partial charge in [0, 0.05) is 12.3 Å². The van der Waals surface area contributed by atoms with Crippen LogP contribution in [0.15, 0.2) is 21.9 Å². The molecule has 0 aromatic carbocycles. The van der Waals surface area contributed by atoms with Gasteiger partial charge in [-0.15, -0.1) is 0 Å². The summed E-state index contributed by atoms with van der Waals surface area (Å²) in [6, 6.07) is 0.918. The van der Waals surface area contributed by atoms with Crippen LogP contribution in [0, 0.1) is 0 Å². The van der Waals surface area contributed by atoms with E-state index in [4.69, 9.17) is 5.11 Å². The third-order valence-electron chi connectivity index (χ3n) is 1.13. The highest BCUT2D eigenvalue weighted by molar-refractivity contribution is 5.68. The molecule has 0 aliphatic rings. The minimum absolute atomic E-state index is 0.0417. The largest absolute Gasteiger partial charge is 0.480 e. The quantitative estimate of drug-likeness (QED) is 0.565. The molecule has 84 valence electrons. The maximum absolute atomic E-state index is 12.0. The van der Waals surface area contributed by atoms with Crippen LogP contribution in [0.5, 0.6) is 0 Å². The van der Waals surface area contributed by atoms with Crippen molar-refractivity contribution >= 4 is 5.97 Å². The number of nitrogens with one attached hydrogen (secondary N) is 2. The molecule has 1 aromatic heterocycles. The van der Waals surface area contributed by atoms with Crippen LogP contribution in [0.3, 0.4) is 0 Å². The zero-order valence-electron chi connectivity index (χ0n) is 7.86. The Bertz CT molecular complexity index is 396. The number of rotatable bonds is 2. The molecule has 7 nitrogen and oxygen atoms in total. The maximum atomic E-state index is 12.0. The van der Waals surface area contributed by atoms with Gasteiger partial charge in [-0.1, -0.05) is 9.27 Å². The van der Waals surface area contributed by atoms with Gasteiger partial charge < -0.3 is 15.4 Å². The van der Waals surface area contributed by atoms with Crippen molar-refractivity contribution in [1.29, 1.82) is 0 Å². The summed E-state index contributed by atoms with van der Waals surface area (Å²) < 4.78 is 12.0. The predicted molar refractivity (Wildman–Crippen MR) is 49.4 cm³/mol. The van der Waals surface area contributed by atoms with E-state index in [1.807, 2.05) is 4.98 Å². The Balaban J connectivity index is 0.000000288. The van der Waals surface area contributed by atoms with Crippen LogP contribution in [0.4, 0.5) is 4.48 Å². The van der Waals surface area contributed by atoms with Crippen LogP contribution in [0.1, 0.15) is 0 Å². The monoisotopic (exact) mass is 219 g/mol. The molecule has 0 amide bonds. The number of carboxylic acids is 1. The lowest BCUT2D eigenvalue weighted by Gasteiger charge is -1.84. The molecular formula is C7H10FN3O4. The number of aromatic nitrogens is 2. The Morgan fingerprint density at radius 2 is 2.27 bits per heavy atom. The summed E-state index contributed by atoms with van der Waals surface area (Å²) in [7, 11) is 1.59. The zero-order chi connectivity index (χ0) is 11.8. The van der Waals surface area contributed by atoms with Crippen LogP contribution in [-0.4, -0.2) is 34.4 Å². The van der Waals surface area contributed by atoms with Gasteiger partial charge in [0.05, 0.1) is 6.54 Å². The molecule has 0 aliphatic heterocycles. The zero-order valence-corrected chi connectivity index (χ0v) is 7.86. The van der Waals surface area contributed by atoms with Gasteiger partial charge in [-0.2, -0.15) is 0 Å². The molecule has 0 atom stereocenters. The maximum Gasteiger partial charge on any atom is 0.357 e. The van der Waals surface area contributed by atoms with Crippen molar-refractivity contribution in [1.82, 2.24) is 15.1 Å². The van der Waals surface area contributed by atoms with E-state index >= 15 is 0 Å². The lowest BCUT2D eigenvalue weighted by Crippen LogP contribution is -2.28. The van der Waals surface area contributed by atoms with Crippen LogP contribution >= 0.6 is 0 Å². The molecule has 1 rings (SSSR count). The topological polar surface area (TPSA) is 104 Å². The van der Waals surface area contributed by atoms with Gasteiger partial charge in [-0.25, -0.2) is 4.79 Å². The van der Waals surface area contributed by atoms with Gasteiger partial charge in [0.15, 0.2) is 0 Å². The van der Waals surface area contributed by atoms with E-state index in [0.29, 0.717) is 0 Å². The van der Waals surface area contributed by atoms with Gasteiger partial charge in [-0.05, 0) is 7.05 Å². The van der Waals surface area contributed by atoms with Crippen molar-refractivity contribution in [3.05, 3.63) is 33.1 Å². The molecule has 0 bridgehead atoms. The lowest BCUT2D eigenvalue weighted by molar-refractivity contribution is -0.135. The molecule has 0 fully saturated rings. The first-order chi connectivity index (χ1) is 6.99. The van der Waals surface area contributed by atoms with E-state index in [0.717, 1.165) is 12.3 Å². The molecular weight excluding hydrogens is 209 g/mol. The minimum atomic E-state index is -1.05. The highest BCUT2D eigenvalue weighted by Crippen LogP contribution is 1.63. The van der Waals surface area contributed by atoms with Crippen molar-refractivity contribution in [2.75, 3.05) is 13.6 Å². The Morgan fingerprint density at radius 1 is 1.67 bits per heavy atom. The number of likely N-dealkylation sites (N-methyl/N-ethyl adjacent to an activating group) is 1. The third-order valence-corrected chi connectivity index (χ3v) is 1.13. The first-order valence-corrected chi connectivity index (χ1v) is 3.82. The number of hydrogen-bond donors (Lipinski definition) is 3. The van der Waals surface area contributed by atoms with E-state index in [2.05, 4.69) is 5.32 Å². The molecule has 3 N–H and O–H groups in total. The van der Waals surface area contributed by atoms with E-state index in [-0.39, 0.29) is 6.54 Å². The minimum Gasteiger partial charge on any atom is -0.480 e. The van der Waals surface area contributed by atoms with Crippen molar-refractivity contribution in [2.45, 2.75) is 0 Å². The van der Waals surface area contributed by atoms with Gasteiger partial charge in [0.25, 0.3) is 5.56 Å². The number of hydrogen-bond acceptors (Lipinski definition) is 4. The normalized spacial score (nSPS) is 8.93. The molecule has 0 spiro atoms. The molecule has 0 saturated carbocycles. The standard InChI is InChI=1S/C4H3FN2O2.C3H7NO2/c5-7-3(8)1-2-6-4(7)9;1-4-2-3(5)6/h1-2H,(H,6,9);4H,2H2,1H3,(H,5,6). The number of H-pyrrole nitrogens is 1. The summed E-state index contributed by atoms with van der Waals surface area (Å²) in [5.41, 5.74) is -2.01. The Labute approximate surface area is 83.1 Å². The van der Waals surface area contributed by atoms with Gasteiger partial charge >= 0.3 is 11.7 Å². The smallest absolute Gasteiger partial charge is 0.357 e. The number of carbonyl (C=O) groups is 1. The highest BCUT2D eigenvalue weighted by atomic mass is 19.2. The Kier molecular flexibility index (Phi) is 5.64. The molecule has 0 unspecified atom stereocenters. The third kappa shape index (κ3) is 5.37. The fourth-order valence-electron chi connectivity index (χ4n) is 0.558. The van der Waals surface area contributed by atoms with Crippen molar-refractivity contribution in [3.8, 4) is 0 Å². The van der Waals surface area contributed by atoms with E-state index in [1.54, 1.807) is 7.05 Å². The molecule has 15 heavy (non-hydrogen) atoms. The summed E-state index contributed by atoms with van der Waals surface area (Å²) in [6.45, 7) is 0.0417. The number of aromatic amines is 1. The first-order valence-electron chi connectivity index (χ1n) is 3.82. The van der Waals surface area contributed by atoms with Crippen molar-refractivity contribution < 1.29 is 14.4 Å². The van der Waals surface area contributed by atoms with E-state index < -0.39 is 22.0 Å². The van der Waals surface area contributed by atoms with E-state index in [9.17, 15) is 18.9 Å². The summed E-state index contributed by atoms with van der Waals surface area (Å²) in [5, 5.41) is 10.3. The predicted octanol–water partition coefficient (Wildman–Crippen LogP) is -1.44. The SMILES string of the molecule is CNCC(=O)O.O=c1cc[nH]c(=O)n1F. The fourth-order valence-corrected chi connectivity index (χ4v) is 0.558. The van der Waals surface area contributed by atoms with Crippen molar-refractivity contribution in [2.24, 2.45) is 0 Å². The van der Waals surface area contributed by atoms with Gasteiger partial charge in [-0.3, -0.25) is 9.59 Å². The average molecular weight is 219 g/mol.